The molecule has 0 atom stereocenters. The molecule has 1 aromatic rings. The van der Waals surface area contributed by atoms with Gasteiger partial charge in [-0.05, 0) is 41.1 Å². The molecular weight excluding hydrogens is 269 g/mol. The van der Waals surface area contributed by atoms with Crippen molar-refractivity contribution >= 4 is 28.6 Å². The van der Waals surface area contributed by atoms with Crippen molar-refractivity contribution in [1.29, 1.82) is 0 Å². The van der Waals surface area contributed by atoms with Crippen molar-refractivity contribution < 1.29 is 9.53 Å². The lowest BCUT2D eigenvalue weighted by molar-refractivity contribution is 0.0599. The average molecular weight is 277 g/mol. The Balaban J connectivity index is 3.16. The van der Waals surface area contributed by atoms with E-state index < -0.39 is 0 Å². The zero-order valence-corrected chi connectivity index (χ0v) is 8.95. The number of esters is 1. The van der Waals surface area contributed by atoms with Gasteiger partial charge in [-0.1, -0.05) is 0 Å². The summed E-state index contributed by atoms with van der Waals surface area (Å²) in [6.07, 6.45) is 1.60. The average Bonchev–Trinajstić information content (AvgIpc) is 2.08. The minimum Gasteiger partial charge on any atom is -0.465 e. The molecule has 12 heavy (non-hydrogen) atoms. The summed E-state index contributed by atoms with van der Waals surface area (Å²) >= 11 is 2.08. The molecule has 0 amide bonds. The second kappa shape index (κ2) is 3.84. The lowest BCUT2D eigenvalue weighted by Gasteiger charge is -2.03. The molecule has 3 nitrogen and oxygen atoms in total. The lowest BCUT2D eigenvalue weighted by Crippen LogP contribution is -2.05. The molecule has 1 rings (SSSR count). The molecule has 64 valence electrons. The van der Waals surface area contributed by atoms with Crippen LogP contribution in [-0.4, -0.2) is 18.1 Å². The third kappa shape index (κ3) is 1.74. The minimum absolute atomic E-state index is 0.312. The minimum atomic E-state index is -0.312. The molecule has 0 aromatic carbocycles. The van der Waals surface area contributed by atoms with E-state index in [0.29, 0.717) is 5.56 Å². The fourth-order valence-corrected chi connectivity index (χ4v) is 1.29. The number of nitrogens with zero attached hydrogens (tertiary/aromatic N) is 1. The van der Waals surface area contributed by atoms with Crippen LogP contribution in [0, 0.1) is 10.6 Å². The summed E-state index contributed by atoms with van der Waals surface area (Å²) in [7, 11) is 1.37. The summed E-state index contributed by atoms with van der Waals surface area (Å²) < 4.78 is 5.43. The molecule has 1 heterocycles. The highest BCUT2D eigenvalue weighted by Crippen LogP contribution is 2.13. The van der Waals surface area contributed by atoms with Crippen LogP contribution in [0.1, 0.15) is 15.9 Å². The van der Waals surface area contributed by atoms with Crippen molar-refractivity contribution in [2.24, 2.45) is 0 Å². The summed E-state index contributed by atoms with van der Waals surface area (Å²) in [6.45, 7) is 1.85. The van der Waals surface area contributed by atoms with E-state index in [1.807, 2.05) is 6.92 Å². The van der Waals surface area contributed by atoms with Crippen molar-refractivity contribution in [2.75, 3.05) is 7.11 Å². The maximum Gasteiger partial charge on any atom is 0.338 e. The number of carbonyl (C=O) groups is 1. The number of halogens is 1. The van der Waals surface area contributed by atoms with Crippen LogP contribution >= 0.6 is 22.6 Å². The van der Waals surface area contributed by atoms with E-state index in [0.717, 1.165) is 9.26 Å². The van der Waals surface area contributed by atoms with Crippen molar-refractivity contribution in [2.45, 2.75) is 6.92 Å². The molecule has 0 fully saturated rings. The smallest absolute Gasteiger partial charge is 0.338 e. The molecule has 0 N–H and O–H groups in total. The number of pyridine rings is 1. The first-order valence-corrected chi connectivity index (χ1v) is 4.44. The van der Waals surface area contributed by atoms with Gasteiger partial charge in [-0.15, -0.1) is 0 Å². The zero-order chi connectivity index (χ0) is 9.14. The molecule has 1 aromatic heterocycles. The maximum absolute atomic E-state index is 11.1. The fraction of sp³-hybridized carbons (Fsp3) is 0.250. The van der Waals surface area contributed by atoms with Crippen LogP contribution in [0.4, 0.5) is 0 Å². The first-order valence-electron chi connectivity index (χ1n) is 3.36. The maximum atomic E-state index is 11.1. The van der Waals surface area contributed by atoms with Gasteiger partial charge in [0.1, 0.15) is 3.70 Å². The van der Waals surface area contributed by atoms with E-state index in [1.165, 1.54) is 7.11 Å². The normalized spacial score (nSPS) is 9.58. The van der Waals surface area contributed by atoms with E-state index in [2.05, 4.69) is 32.3 Å². The van der Waals surface area contributed by atoms with E-state index in [1.54, 1.807) is 12.3 Å². The summed E-state index contributed by atoms with van der Waals surface area (Å²) in [5.74, 6) is -0.312. The second-order valence-electron chi connectivity index (χ2n) is 2.27. The van der Waals surface area contributed by atoms with Gasteiger partial charge in [0.25, 0.3) is 0 Å². The number of ether oxygens (including phenoxy) is 1. The van der Waals surface area contributed by atoms with E-state index in [4.69, 9.17) is 0 Å². The van der Waals surface area contributed by atoms with Gasteiger partial charge in [-0.25, -0.2) is 4.79 Å². The first kappa shape index (κ1) is 9.44. The van der Waals surface area contributed by atoms with Gasteiger partial charge >= 0.3 is 5.97 Å². The Morgan fingerprint density at radius 1 is 1.67 bits per heavy atom. The van der Waals surface area contributed by atoms with Gasteiger partial charge in [0.15, 0.2) is 0 Å². The Labute approximate surface area is 84.3 Å². The molecule has 0 aliphatic rings. The van der Waals surface area contributed by atoms with Gasteiger partial charge in [0.05, 0.1) is 12.7 Å². The fourth-order valence-electron chi connectivity index (χ4n) is 0.841. The molecule has 0 spiro atoms. The molecule has 0 radical (unpaired) electrons. The topological polar surface area (TPSA) is 39.2 Å². The number of rotatable bonds is 1. The van der Waals surface area contributed by atoms with E-state index >= 15 is 0 Å². The van der Waals surface area contributed by atoms with Gasteiger partial charge in [0, 0.05) is 6.20 Å². The van der Waals surface area contributed by atoms with Crippen LogP contribution in [0.25, 0.3) is 0 Å². The molecule has 0 saturated carbocycles. The predicted molar refractivity (Wildman–Crippen MR) is 53.0 cm³/mol. The third-order valence-corrected chi connectivity index (χ3v) is 2.64. The highest BCUT2D eigenvalue weighted by Gasteiger charge is 2.10. The third-order valence-electron chi connectivity index (χ3n) is 1.55. The Morgan fingerprint density at radius 3 is 2.92 bits per heavy atom. The summed E-state index contributed by atoms with van der Waals surface area (Å²) in [4.78, 5) is 15.2. The van der Waals surface area contributed by atoms with Gasteiger partial charge in [-0.2, -0.15) is 0 Å². The van der Waals surface area contributed by atoms with Crippen molar-refractivity contribution in [3.8, 4) is 0 Å². The molecule has 0 aliphatic carbocycles. The van der Waals surface area contributed by atoms with Crippen LogP contribution in [0.5, 0.6) is 0 Å². The Hall–Kier alpha value is -0.650. The molecule has 0 saturated heterocycles. The highest BCUT2D eigenvalue weighted by molar-refractivity contribution is 14.1. The quantitative estimate of drug-likeness (QED) is 0.446. The van der Waals surface area contributed by atoms with Crippen LogP contribution in [0.15, 0.2) is 12.3 Å². The van der Waals surface area contributed by atoms with Crippen LogP contribution in [0.3, 0.4) is 0 Å². The molecule has 0 bridgehead atoms. The van der Waals surface area contributed by atoms with Gasteiger partial charge in [-0.3, -0.25) is 4.98 Å². The van der Waals surface area contributed by atoms with E-state index in [9.17, 15) is 4.79 Å². The van der Waals surface area contributed by atoms with Crippen molar-refractivity contribution in [3.05, 3.63) is 27.1 Å². The van der Waals surface area contributed by atoms with Gasteiger partial charge < -0.3 is 4.74 Å². The summed E-state index contributed by atoms with van der Waals surface area (Å²) in [6, 6.07) is 1.66. The number of hydrogen-bond donors (Lipinski definition) is 0. The molecule has 0 unspecified atom stereocenters. The van der Waals surface area contributed by atoms with Gasteiger partial charge in [0.2, 0.25) is 0 Å². The summed E-state index contributed by atoms with van der Waals surface area (Å²) in [5, 5.41) is 0. The van der Waals surface area contributed by atoms with Crippen molar-refractivity contribution in [1.82, 2.24) is 4.98 Å². The second-order valence-corrected chi connectivity index (χ2v) is 3.29. The number of hydrogen-bond acceptors (Lipinski definition) is 3. The Morgan fingerprint density at radius 2 is 2.33 bits per heavy atom. The predicted octanol–water partition coefficient (Wildman–Crippen LogP) is 1.78. The first-order chi connectivity index (χ1) is 5.66. The van der Waals surface area contributed by atoms with Crippen molar-refractivity contribution in [3.63, 3.8) is 0 Å². The number of aromatic nitrogens is 1. The molecule has 4 heteroatoms. The lowest BCUT2D eigenvalue weighted by atomic mass is 10.2. The molecular formula is C8H8INO2. The zero-order valence-electron chi connectivity index (χ0n) is 6.80. The van der Waals surface area contributed by atoms with Crippen LogP contribution in [0.2, 0.25) is 0 Å². The highest BCUT2D eigenvalue weighted by atomic mass is 127. The summed E-state index contributed by atoms with van der Waals surface area (Å²) in [5.41, 5.74) is 1.45. The number of methoxy groups -OCH3 is 1. The Kier molecular flexibility index (Phi) is 3.02. The standard InChI is InChI=1S/C8H8INO2/c1-5-6(8(11)12-2)3-4-10-7(5)9/h3-4H,1-2H3. The van der Waals surface area contributed by atoms with Crippen LogP contribution < -0.4 is 0 Å². The van der Waals surface area contributed by atoms with E-state index in [-0.39, 0.29) is 5.97 Å². The Bertz CT molecular complexity index is 312. The number of carbonyl (C=O) groups excluding carboxylic acids is 1. The van der Waals surface area contributed by atoms with Crippen LogP contribution in [-0.2, 0) is 4.74 Å². The monoisotopic (exact) mass is 277 g/mol. The SMILES string of the molecule is COC(=O)c1ccnc(I)c1C. The molecule has 0 aliphatic heterocycles. The largest absolute Gasteiger partial charge is 0.465 e.